The van der Waals surface area contributed by atoms with Gasteiger partial charge in [0.25, 0.3) is 0 Å². The van der Waals surface area contributed by atoms with Gasteiger partial charge in [0.15, 0.2) is 0 Å². The predicted molar refractivity (Wildman–Crippen MR) is 93.1 cm³/mol. The highest BCUT2D eigenvalue weighted by Crippen LogP contribution is 2.31. The van der Waals surface area contributed by atoms with Gasteiger partial charge < -0.3 is 15.3 Å². The minimum absolute atomic E-state index is 0.156. The van der Waals surface area contributed by atoms with Gasteiger partial charge in [-0.3, -0.25) is 0 Å². The molecule has 21 heavy (non-hydrogen) atoms. The van der Waals surface area contributed by atoms with Gasteiger partial charge in [0, 0.05) is 29.8 Å². The highest BCUT2D eigenvalue weighted by atomic mass is 79.9. The summed E-state index contributed by atoms with van der Waals surface area (Å²) in [5.74, 6) is 0.687. The maximum atomic E-state index is 9.88. The molecule has 0 aromatic heterocycles. The lowest BCUT2D eigenvalue weighted by molar-refractivity contribution is 0.111. The van der Waals surface area contributed by atoms with Crippen molar-refractivity contribution in [2.75, 3.05) is 31.6 Å². The maximum Gasteiger partial charge on any atom is 0.0662 e. The van der Waals surface area contributed by atoms with Crippen LogP contribution in [0.5, 0.6) is 0 Å². The maximum absolute atomic E-state index is 9.88. The van der Waals surface area contributed by atoms with Crippen LogP contribution in [-0.2, 0) is 0 Å². The first-order chi connectivity index (χ1) is 9.94. The van der Waals surface area contributed by atoms with E-state index in [1.807, 2.05) is 18.2 Å². The van der Waals surface area contributed by atoms with Crippen molar-refractivity contribution in [1.82, 2.24) is 4.90 Å². The lowest BCUT2D eigenvalue weighted by atomic mass is 9.87. The number of hydrogen-bond donors (Lipinski definition) is 2. The number of hydrogen-bond acceptors (Lipinski definition) is 3. The molecule has 118 valence electrons. The minimum atomic E-state index is -0.221. The lowest BCUT2D eigenvalue weighted by Gasteiger charge is -2.42. The van der Waals surface area contributed by atoms with Gasteiger partial charge in [0.1, 0.15) is 0 Å². The molecule has 1 aromatic rings. The Bertz CT molecular complexity index is 473. The van der Waals surface area contributed by atoms with Crippen LogP contribution >= 0.6 is 27.5 Å². The third-order valence-corrected chi connectivity index (χ3v) is 5.28. The largest absolute Gasteiger partial charge is 0.394 e. The average molecular weight is 376 g/mol. The first-order valence-electron chi connectivity index (χ1n) is 7.50. The van der Waals surface area contributed by atoms with Crippen LogP contribution in [-0.4, -0.2) is 41.8 Å². The van der Waals surface area contributed by atoms with E-state index in [2.05, 4.69) is 40.0 Å². The summed E-state index contributed by atoms with van der Waals surface area (Å²) in [5.41, 5.74) is 0.776. The molecule has 1 fully saturated rings. The number of benzene rings is 1. The van der Waals surface area contributed by atoms with Gasteiger partial charge in [0.05, 0.1) is 17.2 Å². The Morgan fingerprint density at radius 2 is 2.05 bits per heavy atom. The summed E-state index contributed by atoms with van der Waals surface area (Å²) < 4.78 is 0.875. The number of aliphatic hydroxyl groups is 1. The molecule has 3 nitrogen and oxygen atoms in total. The topological polar surface area (TPSA) is 35.5 Å². The number of nitrogens with one attached hydrogen (secondary N) is 1. The Morgan fingerprint density at radius 1 is 1.38 bits per heavy atom. The minimum Gasteiger partial charge on any atom is -0.394 e. The van der Waals surface area contributed by atoms with Gasteiger partial charge >= 0.3 is 0 Å². The third-order valence-electron chi connectivity index (χ3n) is 4.07. The van der Waals surface area contributed by atoms with E-state index in [0.717, 1.165) is 42.6 Å². The van der Waals surface area contributed by atoms with Crippen LogP contribution in [0.25, 0.3) is 0 Å². The van der Waals surface area contributed by atoms with Crippen LogP contribution in [0.1, 0.15) is 26.7 Å². The van der Waals surface area contributed by atoms with Crippen molar-refractivity contribution in [2.24, 2.45) is 5.92 Å². The molecule has 0 bridgehead atoms. The summed E-state index contributed by atoms with van der Waals surface area (Å²) in [5, 5.41) is 14.1. The lowest BCUT2D eigenvalue weighted by Crippen LogP contribution is -2.52. The summed E-state index contributed by atoms with van der Waals surface area (Å²) in [7, 11) is 0. The number of aliphatic hydroxyl groups excluding tert-OH is 1. The molecule has 0 amide bonds. The Morgan fingerprint density at radius 3 is 2.57 bits per heavy atom. The van der Waals surface area contributed by atoms with Gasteiger partial charge in [0.2, 0.25) is 0 Å². The van der Waals surface area contributed by atoms with Gasteiger partial charge in [-0.05, 0) is 52.9 Å². The molecule has 1 saturated heterocycles. The average Bonchev–Trinajstić information content (AvgIpc) is 2.45. The smallest absolute Gasteiger partial charge is 0.0662 e. The van der Waals surface area contributed by atoms with Gasteiger partial charge in [-0.1, -0.05) is 25.4 Å². The van der Waals surface area contributed by atoms with E-state index in [1.165, 1.54) is 0 Å². The van der Waals surface area contributed by atoms with Crippen molar-refractivity contribution < 1.29 is 5.11 Å². The third kappa shape index (κ3) is 4.59. The summed E-state index contributed by atoms with van der Waals surface area (Å²) >= 11 is 9.47. The van der Waals surface area contributed by atoms with E-state index in [0.29, 0.717) is 10.9 Å². The van der Waals surface area contributed by atoms with Crippen molar-refractivity contribution in [3.05, 3.63) is 27.7 Å². The SMILES string of the molecule is CC(C)CN1CCC(CO)(Nc2ccc(Cl)c(Br)c2)CC1. The first kappa shape index (κ1) is 17.1. The molecule has 1 aromatic carbocycles. The molecular weight excluding hydrogens is 352 g/mol. The summed E-state index contributed by atoms with van der Waals surface area (Å²) in [6.07, 6.45) is 1.91. The van der Waals surface area contributed by atoms with Crippen molar-refractivity contribution in [3.8, 4) is 0 Å². The normalized spacial score (nSPS) is 19.0. The Labute approximate surface area is 140 Å². The predicted octanol–water partition coefficient (Wildman–Crippen LogP) is 4.00. The molecular formula is C16H24BrClN2O. The Kier molecular flexibility index (Phi) is 5.95. The van der Waals surface area contributed by atoms with Crippen molar-refractivity contribution in [1.29, 1.82) is 0 Å². The zero-order chi connectivity index (χ0) is 15.5. The van der Waals surface area contributed by atoms with E-state index in [4.69, 9.17) is 11.6 Å². The summed E-state index contributed by atoms with van der Waals surface area (Å²) in [6, 6.07) is 5.80. The van der Waals surface area contributed by atoms with Crippen LogP contribution in [0, 0.1) is 5.92 Å². The molecule has 2 rings (SSSR count). The molecule has 1 aliphatic rings. The zero-order valence-electron chi connectivity index (χ0n) is 12.7. The molecule has 0 atom stereocenters. The van der Waals surface area contributed by atoms with Crippen LogP contribution in [0.4, 0.5) is 5.69 Å². The van der Waals surface area contributed by atoms with Crippen molar-refractivity contribution in [2.45, 2.75) is 32.2 Å². The number of halogens is 2. The molecule has 5 heteroatoms. The fourth-order valence-corrected chi connectivity index (χ4v) is 3.38. The Hall–Kier alpha value is -0.290. The number of anilines is 1. The number of nitrogens with zero attached hydrogens (tertiary/aromatic N) is 1. The van der Waals surface area contributed by atoms with E-state index in [-0.39, 0.29) is 12.1 Å². The first-order valence-corrected chi connectivity index (χ1v) is 8.68. The second kappa shape index (κ2) is 7.32. The van der Waals surface area contributed by atoms with Crippen LogP contribution in [0.15, 0.2) is 22.7 Å². The number of rotatable bonds is 5. The second-order valence-corrected chi connectivity index (χ2v) is 7.65. The van der Waals surface area contributed by atoms with Crippen molar-refractivity contribution in [3.63, 3.8) is 0 Å². The van der Waals surface area contributed by atoms with E-state index >= 15 is 0 Å². The fourth-order valence-electron chi connectivity index (χ4n) is 2.88. The number of piperidine rings is 1. The molecule has 2 N–H and O–H groups in total. The van der Waals surface area contributed by atoms with Gasteiger partial charge in [-0.15, -0.1) is 0 Å². The molecule has 0 saturated carbocycles. The van der Waals surface area contributed by atoms with Gasteiger partial charge in [-0.25, -0.2) is 0 Å². The van der Waals surface area contributed by atoms with E-state index < -0.39 is 0 Å². The Balaban J connectivity index is 2.01. The molecule has 0 radical (unpaired) electrons. The van der Waals surface area contributed by atoms with Gasteiger partial charge in [-0.2, -0.15) is 0 Å². The van der Waals surface area contributed by atoms with Crippen LogP contribution < -0.4 is 5.32 Å². The molecule has 1 aliphatic heterocycles. The van der Waals surface area contributed by atoms with Crippen LogP contribution in [0.2, 0.25) is 5.02 Å². The standard InChI is InChI=1S/C16H24BrClN2O/c1-12(2)10-20-7-5-16(11-21,6-8-20)19-13-3-4-15(18)14(17)9-13/h3-4,9,12,19,21H,5-8,10-11H2,1-2H3. The molecule has 1 heterocycles. The molecule has 0 aliphatic carbocycles. The summed E-state index contributed by atoms with van der Waals surface area (Å²) in [6.45, 7) is 7.84. The number of likely N-dealkylation sites (tertiary alicyclic amines) is 1. The summed E-state index contributed by atoms with van der Waals surface area (Å²) in [4.78, 5) is 2.48. The van der Waals surface area contributed by atoms with E-state index in [9.17, 15) is 5.11 Å². The highest BCUT2D eigenvalue weighted by Gasteiger charge is 2.34. The molecule has 0 unspecified atom stereocenters. The zero-order valence-corrected chi connectivity index (χ0v) is 15.0. The highest BCUT2D eigenvalue weighted by molar-refractivity contribution is 9.10. The van der Waals surface area contributed by atoms with Crippen molar-refractivity contribution >= 4 is 33.2 Å². The quantitative estimate of drug-likeness (QED) is 0.816. The monoisotopic (exact) mass is 374 g/mol. The second-order valence-electron chi connectivity index (χ2n) is 6.39. The van der Waals surface area contributed by atoms with Crippen LogP contribution in [0.3, 0.4) is 0 Å². The van der Waals surface area contributed by atoms with E-state index in [1.54, 1.807) is 0 Å². The molecule has 0 spiro atoms. The fraction of sp³-hybridized carbons (Fsp3) is 0.625.